The third kappa shape index (κ3) is 4.33. The normalized spacial score (nSPS) is 23.8. The zero-order chi connectivity index (χ0) is 25.7. The fourth-order valence-electron chi connectivity index (χ4n) is 4.25. The van der Waals surface area contributed by atoms with E-state index in [1.807, 2.05) is 0 Å². The van der Waals surface area contributed by atoms with Crippen LogP contribution in [0.3, 0.4) is 0 Å². The number of esters is 1. The van der Waals surface area contributed by atoms with Crippen molar-refractivity contribution in [2.24, 2.45) is 0 Å². The molecule has 1 aromatic carbocycles. The fourth-order valence-corrected chi connectivity index (χ4v) is 4.25. The molecule has 188 valence electrons. The third-order valence-electron chi connectivity index (χ3n) is 6.09. The number of nitrogens with one attached hydrogen (secondary N) is 1. The van der Waals surface area contributed by atoms with Gasteiger partial charge in [-0.25, -0.2) is 9.59 Å². The molecule has 0 bridgehead atoms. The smallest absolute Gasteiger partial charge is 0.363 e. The maximum Gasteiger partial charge on any atom is 0.363 e. The number of H-pyrrole nitrogens is 1. The quantitative estimate of drug-likeness (QED) is 0.309. The van der Waals surface area contributed by atoms with Gasteiger partial charge in [-0.1, -0.05) is 0 Å². The number of aromatic amines is 1. The first kappa shape index (κ1) is 24.6. The topological polar surface area (TPSA) is 166 Å². The van der Waals surface area contributed by atoms with Crippen LogP contribution in [0.25, 0.3) is 11.0 Å². The number of hydrogen-bond donors (Lipinski definition) is 4. The van der Waals surface area contributed by atoms with Gasteiger partial charge in [0.25, 0.3) is 0 Å². The van der Waals surface area contributed by atoms with E-state index in [1.54, 1.807) is 39.8 Å². The molecule has 3 heterocycles. The van der Waals surface area contributed by atoms with Crippen molar-refractivity contribution in [3.8, 4) is 11.5 Å². The molecule has 11 nitrogen and oxygen atoms in total. The molecule has 3 aromatic rings. The van der Waals surface area contributed by atoms with Gasteiger partial charge in [0.15, 0.2) is 23.6 Å². The van der Waals surface area contributed by atoms with Gasteiger partial charge < -0.3 is 44.3 Å². The Hall–Kier alpha value is -3.54. The summed E-state index contributed by atoms with van der Waals surface area (Å²) in [5.74, 6) is -0.849. The number of carbonyl (C=O) groups is 1. The Morgan fingerprint density at radius 3 is 2.54 bits per heavy atom. The van der Waals surface area contributed by atoms with Gasteiger partial charge in [0, 0.05) is 18.4 Å². The van der Waals surface area contributed by atoms with Crippen LogP contribution in [-0.2, 0) is 14.2 Å². The molecule has 35 heavy (non-hydrogen) atoms. The summed E-state index contributed by atoms with van der Waals surface area (Å²) >= 11 is 0. The van der Waals surface area contributed by atoms with Gasteiger partial charge in [0.05, 0.1) is 11.0 Å². The number of aliphatic hydroxyl groups excluding tert-OH is 1. The molecule has 4 atom stereocenters. The SMILES string of the molecule is CO[C@@H]1[C@@H](OC(=O)c2ccc(C)[nH]2)C(O)[C@H](Oc2ccc3c(O)c(N)c(=O)oc3c2C)OC1(C)C. The molecule has 0 spiro atoms. The summed E-state index contributed by atoms with van der Waals surface area (Å²) in [5.41, 5.74) is 4.69. The lowest BCUT2D eigenvalue weighted by molar-refractivity contribution is -0.305. The molecule has 1 aliphatic rings. The summed E-state index contributed by atoms with van der Waals surface area (Å²) in [5, 5.41) is 21.5. The minimum atomic E-state index is -1.44. The third-order valence-corrected chi connectivity index (χ3v) is 6.09. The predicted molar refractivity (Wildman–Crippen MR) is 124 cm³/mol. The first-order valence-corrected chi connectivity index (χ1v) is 10.9. The summed E-state index contributed by atoms with van der Waals surface area (Å²) in [6, 6.07) is 6.30. The van der Waals surface area contributed by atoms with Crippen molar-refractivity contribution >= 4 is 22.6 Å². The zero-order valence-corrected chi connectivity index (χ0v) is 19.9. The first-order valence-electron chi connectivity index (χ1n) is 10.9. The Bertz CT molecular complexity index is 1330. The number of anilines is 1. The van der Waals surface area contributed by atoms with E-state index in [0.29, 0.717) is 5.56 Å². The average Bonchev–Trinajstić information content (AvgIpc) is 3.24. The van der Waals surface area contributed by atoms with E-state index in [1.165, 1.54) is 19.2 Å². The Balaban J connectivity index is 1.66. The number of methoxy groups -OCH3 is 1. The molecule has 1 aliphatic heterocycles. The highest BCUT2D eigenvalue weighted by atomic mass is 16.7. The lowest BCUT2D eigenvalue weighted by Crippen LogP contribution is -2.65. The number of aromatic nitrogens is 1. The molecule has 1 fully saturated rings. The van der Waals surface area contributed by atoms with Crippen LogP contribution in [0.2, 0.25) is 0 Å². The number of nitrogens with two attached hydrogens (primary N) is 1. The molecule has 0 amide bonds. The van der Waals surface area contributed by atoms with E-state index >= 15 is 0 Å². The number of benzene rings is 1. The Kier molecular flexibility index (Phi) is 6.26. The standard InChI is InChI=1S/C24H28N2O9/c1-10-6-8-13(26-10)21(29)34-19-17(28)23(35-24(3,4)20(19)31-5)32-14-9-7-12-16(27)15(25)22(30)33-18(12)11(14)2/h6-9,17,19-20,23,26-28H,25H2,1-5H3/t17?,19-,20+,23+/m0/s1. The van der Waals surface area contributed by atoms with Gasteiger partial charge >= 0.3 is 11.6 Å². The number of aryl methyl sites for hydroxylation is 2. The van der Waals surface area contributed by atoms with E-state index in [0.717, 1.165) is 5.69 Å². The minimum Gasteiger partial charge on any atom is -0.505 e. The highest BCUT2D eigenvalue weighted by Gasteiger charge is 2.53. The van der Waals surface area contributed by atoms with Crippen molar-refractivity contribution in [1.29, 1.82) is 0 Å². The van der Waals surface area contributed by atoms with Crippen molar-refractivity contribution in [1.82, 2.24) is 4.98 Å². The number of carbonyl (C=O) groups excluding carboxylic acids is 1. The number of aromatic hydroxyl groups is 1. The molecule has 11 heteroatoms. The van der Waals surface area contributed by atoms with Crippen molar-refractivity contribution < 1.29 is 38.4 Å². The summed E-state index contributed by atoms with van der Waals surface area (Å²) in [6.45, 7) is 6.85. The van der Waals surface area contributed by atoms with E-state index in [2.05, 4.69) is 4.98 Å². The summed E-state index contributed by atoms with van der Waals surface area (Å²) in [4.78, 5) is 27.6. The van der Waals surface area contributed by atoms with E-state index < -0.39 is 53.2 Å². The first-order chi connectivity index (χ1) is 16.4. The van der Waals surface area contributed by atoms with Crippen LogP contribution >= 0.6 is 0 Å². The highest BCUT2D eigenvalue weighted by Crippen LogP contribution is 2.38. The van der Waals surface area contributed by atoms with Gasteiger partial charge in [0.2, 0.25) is 6.29 Å². The number of nitrogen functional groups attached to an aromatic ring is 1. The van der Waals surface area contributed by atoms with Gasteiger partial charge in [-0.2, -0.15) is 0 Å². The van der Waals surface area contributed by atoms with Crippen molar-refractivity contribution in [3.63, 3.8) is 0 Å². The van der Waals surface area contributed by atoms with Gasteiger partial charge in [0.1, 0.15) is 23.1 Å². The van der Waals surface area contributed by atoms with Crippen LogP contribution in [0.15, 0.2) is 33.5 Å². The maximum absolute atomic E-state index is 12.7. The van der Waals surface area contributed by atoms with E-state index in [4.69, 9.17) is 29.1 Å². The van der Waals surface area contributed by atoms with Gasteiger partial charge in [-0.3, -0.25) is 0 Å². The zero-order valence-electron chi connectivity index (χ0n) is 19.9. The summed E-state index contributed by atoms with van der Waals surface area (Å²) in [7, 11) is 1.43. The maximum atomic E-state index is 12.7. The Labute approximate surface area is 200 Å². The second-order valence-corrected chi connectivity index (χ2v) is 9.00. The van der Waals surface area contributed by atoms with Gasteiger partial charge in [-0.05, 0) is 52.0 Å². The molecule has 1 saturated heterocycles. The molecular formula is C24H28N2O9. The second-order valence-electron chi connectivity index (χ2n) is 9.00. The highest BCUT2D eigenvalue weighted by molar-refractivity contribution is 5.90. The largest absolute Gasteiger partial charge is 0.505 e. The fraction of sp³-hybridized carbons (Fsp3) is 0.417. The summed E-state index contributed by atoms with van der Waals surface area (Å²) < 4.78 is 28.4. The predicted octanol–water partition coefficient (Wildman–Crippen LogP) is 2.14. The molecule has 4 rings (SSSR count). The lowest BCUT2D eigenvalue weighted by Gasteiger charge is -2.47. The monoisotopic (exact) mass is 488 g/mol. The number of aliphatic hydroxyl groups is 1. The van der Waals surface area contributed by atoms with Crippen LogP contribution in [0, 0.1) is 13.8 Å². The molecule has 2 aromatic heterocycles. The van der Waals surface area contributed by atoms with Crippen molar-refractivity contribution in [2.75, 3.05) is 12.8 Å². The van der Waals surface area contributed by atoms with Crippen molar-refractivity contribution in [2.45, 2.75) is 57.9 Å². The average molecular weight is 488 g/mol. The van der Waals surface area contributed by atoms with Crippen LogP contribution < -0.4 is 16.1 Å². The molecule has 0 radical (unpaired) electrons. The Morgan fingerprint density at radius 2 is 1.91 bits per heavy atom. The van der Waals surface area contributed by atoms with Gasteiger partial charge in [-0.15, -0.1) is 0 Å². The van der Waals surface area contributed by atoms with E-state index in [-0.39, 0.29) is 22.4 Å². The van der Waals surface area contributed by atoms with Crippen LogP contribution in [0.1, 0.15) is 35.6 Å². The van der Waals surface area contributed by atoms with Crippen molar-refractivity contribution in [3.05, 3.63) is 51.6 Å². The number of ether oxygens (including phenoxy) is 4. The molecule has 1 unspecified atom stereocenters. The van der Waals surface area contributed by atoms with Crippen LogP contribution in [0.4, 0.5) is 5.69 Å². The minimum absolute atomic E-state index is 0.0728. The van der Waals surface area contributed by atoms with E-state index in [9.17, 15) is 19.8 Å². The molecule has 0 aliphatic carbocycles. The van der Waals surface area contributed by atoms with Crippen LogP contribution in [-0.4, -0.2) is 58.5 Å². The summed E-state index contributed by atoms with van der Waals surface area (Å²) in [6.07, 6.45) is -4.65. The number of rotatable bonds is 5. The molecule has 5 N–H and O–H groups in total. The molecule has 0 saturated carbocycles. The van der Waals surface area contributed by atoms with Crippen LogP contribution in [0.5, 0.6) is 11.5 Å². The number of fused-ring (bicyclic) bond motifs is 1. The Morgan fingerprint density at radius 1 is 1.20 bits per heavy atom. The second kappa shape index (κ2) is 8.91. The number of hydrogen-bond acceptors (Lipinski definition) is 10. The lowest BCUT2D eigenvalue weighted by atomic mass is 9.89. The molecular weight excluding hydrogens is 460 g/mol.